The van der Waals surface area contributed by atoms with E-state index in [0.29, 0.717) is 12.5 Å². The van der Waals surface area contributed by atoms with E-state index in [4.69, 9.17) is 4.74 Å². The van der Waals surface area contributed by atoms with Crippen LogP contribution in [0.2, 0.25) is 0 Å². The lowest BCUT2D eigenvalue weighted by Gasteiger charge is -2.27. The highest BCUT2D eigenvalue weighted by atomic mass is 16.5. The lowest BCUT2D eigenvalue weighted by molar-refractivity contribution is 0.337. The molecule has 3 nitrogen and oxygen atoms in total. The van der Waals surface area contributed by atoms with Crippen LogP contribution in [0.1, 0.15) is 18.4 Å². The molecule has 70 valence electrons. The zero-order chi connectivity index (χ0) is 9.10. The Morgan fingerprint density at radius 1 is 1.54 bits per heavy atom. The molecule has 0 spiro atoms. The molecule has 13 heavy (non-hydrogen) atoms. The average Bonchev–Trinajstić information content (AvgIpc) is 2.02. The Bertz CT molecular complexity index is 284. The number of ether oxygens (including phenoxy) is 1. The topological polar surface area (TPSA) is 34.1 Å². The maximum atomic E-state index is 5.38. The maximum absolute atomic E-state index is 5.38. The summed E-state index contributed by atoms with van der Waals surface area (Å²) in [6, 6.07) is 2.09. The van der Waals surface area contributed by atoms with E-state index in [1.54, 1.807) is 6.20 Å². The fraction of sp³-hybridized carbons (Fsp3) is 0.500. The second-order valence-electron chi connectivity index (χ2n) is 3.24. The third-order valence-electron chi connectivity index (χ3n) is 2.30. The number of hydrogen-bond acceptors (Lipinski definition) is 3. The first-order chi connectivity index (χ1) is 6.40. The maximum Gasteiger partial charge on any atom is 0.137 e. The van der Waals surface area contributed by atoms with Crippen LogP contribution in [0.3, 0.4) is 0 Å². The summed E-state index contributed by atoms with van der Waals surface area (Å²) in [5.74, 6) is 1.51. The molecule has 1 aliphatic heterocycles. The third-order valence-corrected chi connectivity index (χ3v) is 2.30. The first-order valence-corrected chi connectivity index (χ1v) is 4.68. The summed E-state index contributed by atoms with van der Waals surface area (Å²) in [6.45, 7) is 4.82. The number of nitrogens with zero attached hydrogens (tertiary/aromatic N) is 1. The molecular weight excluding hydrogens is 164 g/mol. The van der Waals surface area contributed by atoms with Gasteiger partial charge < -0.3 is 10.1 Å². The Balaban J connectivity index is 2.11. The highest BCUT2D eigenvalue weighted by Gasteiger charge is 2.19. The van der Waals surface area contributed by atoms with Crippen LogP contribution in [-0.4, -0.2) is 24.7 Å². The molecule has 1 aromatic rings. The lowest BCUT2D eigenvalue weighted by atomic mass is 9.95. The molecule has 3 heteroatoms. The molecule has 1 fully saturated rings. The molecular formula is C10H14N2O. The minimum absolute atomic E-state index is 0.632. The Hall–Kier alpha value is -1.09. The van der Waals surface area contributed by atoms with E-state index in [-0.39, 0.29) is 0 Å². The zero-order valence-corrected chi connectivity index (χ0v) is 7.79. The van der Waals surface area contributed by atoms with Gasteiger partial charge in [0.15, 0.2) is 0 Å². The largest absolute Gasteiger partial charge is 0.492 e. The summed E-state index contributed by atoms with van der Waals surface area (Å²) in [7, 11) is 0. The van der Waals surface area contributed by atoms with Gasteiger partial charge in [-0.15, -0.1) is 0 Å². The van der Waals surface area contributed by atoms with E-state index in [1.165, 1.54) is 5.56 Å². The van der Waals surface area contributed by atoms with Gasteiger partial charge in [-0.2, -0.15) is 0 Å². The fourth-order valence-corrected chi connectivity index (χ4v) is 1.43. The Morgan fingerprint density at radius 2 is 2.38 bits per heavy atom. The van der Waals surface area contributed by atoms with Gasteiger partial charge >= 0.3 is 0 Å². The Kier molecular flexibility index (Phi) is 2.45. The Morgan fingerprint density at radius 3 is 3.00 bits per heavy atom. The number of nitrogens with one attached hydrogen (secondary N) is 1. The van der Waals surface area contributed by atoms with Crippen LogP contribution in [0.25, 0.3) is 0 Å². The molecule has 2 rings (SSSR count). The zero-order valence-electron chi connectivity index (χ0n) is 7.79. The first-order valence-electron chi connectivity index (χ1n) is 4.68. The van der Waals surface area contributed by atoms with Gasteiger partial charge in [0.05, 0.1) is 12.8 Å². The van der Waals surface area contributed by atoms with Crippen molar-refractivity contribution in [2.45, 2.75) is 12.8 Å². The number of aromatic nitrogens is 1. The van der Waals surface area contributed by atoms with Gasteiger partial charge in [-0.25, -0.2) is 0 Å². The summed E-state index contributed by atoms with van der Waals surface area (Å²) >= 11 is 0. The fourth-order valence-electron chi connectivity index (χ4n) is 1.43. The van der Waals surface area contributed by atoms with Crippen LogP contribution in [0.15, 0.2) is 18.5 Å². The summed E-state index contributed by atoms with van der Waals surface area (Å²) in [6.07, 6.45) is 3.69. The Labute approximate surface area is 78.1 Å². The molecule has 1 saturated heterocycles. The standard InChI is InChI=1S/C10H14N2O/c1-2-13-10-3-8(4-12-7-10)9-5-11-6-9/h3-4,7,9,11H,2,5-6H2,1H3. The van der Waals surface area contributed by atoms with Crippen molar-refractivity contribution < 1.29 is 4.74 Å². The van der Waals surface area contributed by atoms with E-state index < -0.39 is 0 Å². The summed E-state index contributed by atoms with van der Waals surface area (Å²) in [5.41, 5.74) is 1.28. The highest BCUT2D eigenvalue weighted by Crippen LogP contribution is 2.22. The first kappa shape index (κ1) is 8.51. The van der Waals surface area contributed by atoms with Gasteiger partial charge in [-0.1, -0.05) is 0 Å². The highest BCUT2D eigenvalue weighted by molar-refractivity contribution is 5.28. The van der Waals surface area contributed by atoms with Crippen LogP contribution in [0.4, 0.5) is 0 Å². The van der Waals surface area contributed by atoms with Crippen molar-refractivity contribution in [2.75, 3.05) is 19.7 Å². The molecule has 0 bridgehead atoms. The number of hydrogen-bond donors (Lipinski definition) is 1. The van der Waals surface area contributed by atoms with Gasteiger partial charge in [-0.05, 0) is 18.6 Å². The van der Waals surface area contributed by atoms with Crippen molar-refractivity contribution in [3.63, 3.8) is 0 Å². The van der Waals surface area contributed by atoms with Crippen LogP contribution >= 0.6 is 0 Å². The second kappa shape index (κ2) is 3.75. The SMILES string of the molecule is CCOc1cncc(C2CNC2)c1. The van der Waals surface area contributed by atoms with Crippen LogP contribution in [-0.2, 0) is 0 Å². The summed E-state index contributed by atoms with van der Waals surface area (Å²) in [4.78, 5) is 4.15. The van der Waals surface area contributed by atoms with Crippen molar-refractivity contribution in [2.24, 2.45) is 0 Å². The van der Waals surface area contributed by atoms with Gasteiger partial charge in [0.1, 0.15) is 5.75 Å². The van der Waals surface area contributed by atoms with Gasteiger partial charge in [0.2, 0.25) is 0 Å². The van der Waals surface area contributed by atoms with Gasteiger partial charge in [-0.3, -0.25) is 4.98 Å². The number of rotatable bonds is 3. The minimum Gasteiger partial charge on any atom is -0.492 e. The molecule has 0 aromatic carbocycles. The van der Waals surface area contributed by atoms with E-state index in [9.17, 15) is 0 Å². The molecule has 1 aromatic heterocycles. The smallest absolute Gasteiger partial charge is 0.137 e. The van der Waals surface area contributed by atoms with Crippen molar-refractivity contribution in [1.82, 2.24) is 10.3 Å². The third kappa shape index (κ3) is 1.80. The molecule has 0 atom stereocenters. The minimum atomic E-state index is 0.632. The van der Waals surface area contributed by atoms with E-state index in [1.807, 2.05) is 13.1 Å². The van der Waals surface area contributed by atoms with Crippen LogP contribution < -0.4 is 10.1 Å². The molecule has 0 aliphatic carbocycles. The predicted molar refractivity (Wildman–Crippen MR) is 51.0 cm³/mol. The molecule has 0 unspecified atom stereocenters. The van der Waals surface area contributed by atoms with Crippen molar-refractivity contribution >= 4 is 0 Å². The van der Waals surface area contributed by atoms with E-state index in [0.717, 1.165) is 18.8 Å². The molecule has 2 heterocycles. The molecule has 1 N–H and O–H groups in total. The quantitative estimate of drug-likeness (QED) is 0.754. The predicted octanol–water partition coefficient (Wildman–Crippen LogP) is 1.17. The van der Waals surface area contributed by atoms with E-state index >= 15 is 0 Å². The van der Waals surface area contributed by atoms with Gasteiger partial charge in [0.25, 0.3) is 0 Å². The van der Waals surface area contributed by atoms with Gasteiger partial charge in [0, 0.05) is 25.2 Å². The molecule has 0 amide bonds. The summed E-state index contributed by atoms with van der Waals surface area (Å²) in [5, 5.41) is 3.24. The molecule has 0 saturated carbocycles. The molecule has 1 aliphatic rings. The van der Waals surface area contributed by atoms with Crippen LogP contribution in [0, 0.1) is 0 Å². The van der Waals surface area contributed by atoms with Crippen molar-refractivity contribution in [1.29, 1.82) is 0 Å². The second-order valence-corrected chi connectivity index (χ2v) is 3.24. The number of pyridine rings is 1. The van der Waals surface area contributed by atoms with Crippen LogP contribution in [0.5, 0.6) is 5.75 Å². The van der Waals surface area contributed by atoms with E-state index in [2.05, 4.69) is 16.4 Å². The monoisotopic (exact) mass is 178 g/mol. The average molecular weight is 178 g/mol. The summed E-state index contributed by atoms with van der Waals surface area (Å²) < 4.78 is 5.38. The molecule has 0 radical (unpaired) electrons. The van der Waals surface area contributed by atoms with Crippen molar-refractivity contribution in [3.8, 4) is 5.75 Å². The lowest BCUT2D eigenvalue weighted by Crippen LogP contribution is -2.39. The normalized spacial score (nSPS) is 16.7. The van der Waals surface area contributed by atoms with Crippen molar-refractivity contribution in [3.05, 3.63) is 24.0 Å².